The Morgan fingerprint density at radius 2 is 2.31 bits per heavy atom. The molecular formula is C19H20N6O4. The largest absolute Gasteiger partial charge is 0.491 e. The van der Waals surface area contributed by atoms with E-state index in [1.165, 1.54) is 4.90 Å². The first-order valence-corrected chi connectivity index (χ1v) is 9.21. The van der Waals surface area contributed by atoms with Crippen molar-refractivity contribution in [3.05, 3.63) is 24.4 Å². The van der Waals surface area contributed by atoms with Gasteiger partial charge in [-0.25, -0.2) is 9.78 Å². The maximum Gasteiger partial charge on any atom is 0.416 e. The number of imidazole rings is 1. The first kappa shape index (κ1) is 18.6. The molecule has 3 N–H and O–H groups in total. The van der Waals surface area contributed by atoms with Crippen molar-refractivity contribution < 1.29 is 19.1 Å². The van der Waals surface area contributed by atoms with Crippen molar-refractivity contribution in [2.75, 3.05) is 23.4 Å². The maximum atomic E-state index is 12.2. The molecule has 1 fully saturated rings. The number of cyclic esters (lactones) is 1. The van der Waals surface area contributed by atoms with E-state index >= 15 is 0 Å². The van der Waals surface area contributed by atoms with Gasteiger partial charge in [0.1, 0.15) is 30.8 Å². The minimum Gasteiger partial charge on any atom is -0.491 e. The first-order valence-electron chi connectivity index (χ1n) is 9.21. The van der Waals surface area contributed by atoms with Crippen LogP contribution in [0.2, 0.25) is 0 Å². The van der Waals surface area contributed by atoms with Gasteiger partial charge in [0.05, 0.1) is 30.6 Å². The predicted molar refractivity (Wildman–Crippen MR) is 103 cm³/mol. The number of nitrogens with one attached hydrogen (secondary N) is 1. The highest BCUT2D eigenvalue weighted by atomic mass is 16.6. The van der Waals surface area contributed by atoms with Crippen LogP contribution in [-0.4, -0.2) is 46.8 Å². The van der Waals surface area contributed by atoms with Crippen LogP contribution in [0.15, 0.2) is 24.4 Å². The van der Waals surface area contributed by atoms with Crippen LogP contribution >= 0.6 is 0 Å². The molecule has 0 spiro atoms. The van der Waals surface area contributed by atoms with Crippen molar-refractivity contribution in [3.63, 3.8) is 0 Å². The molecule has 150 valence electrons. The van der Waals surface area contributed by atoms with Crippen molar-refractivity contribution in [1.29, 1.82) is 5.26 Å². The summed E-state index contributed by atoms with van der Waals surface area (Å²) >= 11 is 0. The van der Waals surface area contributed by atoms with E-state index in [9.17, 15) is 9.59 Å². The molecule has 29 heavy (non-hydrogen) atoms. The van der Waals surface area contributed by atoms with Gasteiger partial charge in [-0.3, -0.25) is 9.69 Å². The SMILES string of the molecule is CC(Nc1ccc2c(c1)OCCn1cc(N3C(=O)OC[C@H]3CC#N)nc1-2)C(N)=O. The Labute approximate surface area is 166 Å². The number of carbonyl (C=O) groups is 2. The fourth-order valence-corrected chi connectivity index (χ4v) is 3.39. The fraction of sp³-hybridized carbons (Fsp3) is 0.368. The lowest BCUT2D eigenvalue weighted by Gasteiger charge is -2.16. The molecule has 10 nitrogen and oxygen atoms in total. The van der Waals surface area contributed by atoms with Crippen LogP contribution in [-0.2, 0) is 16.1 Å². The fourth-order valence-electron chi connectivity index (χ4n) is 3.39. The molecule has 2 aliphatic rings. The van der Waals surface area contributed by atoms with Crippen molar-refractivity contribution in [2.24, 2.45) is 5.73 Å². The van der Waals surface area contributed by atoms with Crippen LogP contribution in [0.1, 0.15) is 13.3 Å². The molecule has 2 aliphatic heterocycles. The Hall–Kier alpha value is -3.74. The Balaban J connectivity index is 1.68. The third kappa shape index (κ3) is 3.42. The molecule has 0 bridgehead atoms. The van der Waals surface area contributed by atoms with E-state index in [-0.39, 0.29) is 19.1 Å². The van der Waals surface area contributed by atoms with Crippen LogP contribution in [0.5, 0.6) is 5.75 Å². The number of fused-ring (bicyclic) bond motifs is 3. The van der Waals surface area contributed by atoms with Gasteiger partial charge in [0, 0.05) is 18.0 Å². The van der Waals surface area contributed by atoms with Crippen LogP contribution in [0.3, 0.4) is 0 Å². The zero-order valence-electron chi connectivity index (χ0n) is 15.8. The summed E-state index contributed by atoms with van der Waals surface area (Å²) < 4.78 is 12.9. The Morgan fingerprint density at radius 1 is 1.48 bits per heavy atom. The lowest BCUT2D eigenvalue weighted by Crippen LogP contribution is -2.33. The van der Waals surface area contributed by atoms with E-state index in [0.29, 0.717) is 36.2 Å². The molecule has 1 unspecified atom stereocenters. The molecule has 1 saturated heterocycles. The predicted octanol–water partition coefficient (Wildman–Crippen LogP) is 1.47. The van der Waals surface area contributed by atoms with Gasteiger partial charge in [-0.15, -0.1) is 0 Å². The number of rotatable bonds is 5. The number of benzene rings is 1. The lowest BCUT2D eigenvalue weighted by atomic mass is 10.1. The monoisotopic (exact) mass is 396 g/mol. The molecule has 0 saturated carbocycles. The summed E-state index contributed by atoms with van der Waals surface area (Å²) in [6, 6.07) is 6.65. The highest BCUT2D eigenvalue weighted by Gasteiger charge is 2.36. The Morgan fingerprint density at radius 3 is 3.07 bits per heavy atom. The van der Waals surface area contributed by atoms with E-state index in [2.05, 4.69) is 16.4 Å². The number of nitriles is 1. The van der Waals surface area contributed by atoms with E-state index in [4.69, 9.17) is 20.5 Å². The zero-order chi connectivity index (χ0) is 20.5. The van der Waals surface area contributed by atoms with Crippen LogP contribution in [0, 0.1) is 11.3 Å². The molecule has 2 atom stereocenters. The smallest absolute Gasteiger partial charge is 0.416 e. The zero-order valence-corrected chi connectivity index (χ0v) is 15.8. The van der Waals surface area contributed by atoms with E-state index in [1.807, 2.05) is 16.7 Å². The summed E-state index contributed by atoms with van der Waals surface area (Å²) in [6.07, 6.45) is 1.43. The standard InChI is InChI=1S/C19H20N6O4/c1-11(17(21)26)22-12-2-3-14-15(8-12)28-7-6-24-9-16(23-18(14)24)25-13(4-5-20)10-29-19(25)27/h2-3,8-9,11,13,22H,4,6-7,10H2,1H3,(H2,21,26)/t11?,13-/m1/s1. The number of nitrogens with two attached hydrogens (primary N) is 1. The summed E-state index contributed by atoms with van der Waals surface area (Å²) in [5.74, 6) is 1.25. The van der Waals surface area contributed by atoms with E-state index < -0.39 is 18.0 Å². The number of anilines is 2. The number of amides is 2. The van der Waals surface area contributed by atoms with Gasteiger partial charge in [-0.2, -0.15) is 5.26 Å². The molecule has 10 heteroatoms. The molecule has 2 amide bonds. The van der Waals surface area contributed by atoms with Gasteiger partial charge in [0.2, 0.25) is 5.91 Å². The second-order valence-electron chi connectivity index (χ2n) is 6.91. The number of hydrogen-bond donors (Lipinski definition) is 2. The summed E-state index contributed by atoms with van der Waals surface area (Å²) in [5.41, 5.74) is 6.77. The summed E-state index contributed by atoms with van der Waals surface area (Å²) in [7, 11) is 0. The number of carbonyl (C=O) groups excluding carboxylic acids is 2. The number of primary amides is 1. The quantitative estimate of drug-likeness (QED) is 0.781. The van der Waals surface area contributed by atoms with Gasteiger partial charge in [0.25, 0.3) is 0 Å². The van der Waals surface area contributed by atoms with Crippen LogP contribution < -0.4 is 20.7 Å². The number of ether oxygens (including phenoxy) is 2. The van der Waals surface area contributed by atoms with Crippen molar-refractivity contribution >= 4 is 23.5 Å². The normalized spacial score (nSPS) is 18.6. The molecule has 1 aromatic carbocycles. The third-order valence-electron chi connectivity index (χ3n) is 4.92. The highest BCUT2D eigenvalue weighted by molar-refractivity contribution is 5.89. The Bertz CT molecular complexity index is 1010. The number of nitrogens with zero attached hydrogens (tertiary/aromatic N) is 4. The Kier molecular flexibility index (Phi) is 4.72. The van der Waals surface area contributed by atoms with E-state index in [1.54, 1.807) is 19.2 Å². The number of hydrogen-bond acceptors (Lipinski definition) is 7. The third-order valence-corrected chi connectivity index (χ3v) is 4.92. The van der Waals surface area contributed by atoms with Gasteiger partial charge >= 0.3 is 6.09 Å². The summed E-state index contributed by atoms with van der Waals surface area (Å²) in [4.78, 5) is 29.5. The van der Waals surface area contributed by atoms with Gasteiger partial charge in [-0.05, 0) is 19.1 Å². The molecule has 1 aromatic heterocycles. The second-order valence-corrected chi connectivity index (χ2v) is 6.91. The molecule has 4 rings (SSSR count). The molecule has 0 radical (unpaired) electrons. The minimum absolute atomic E-state index is 0.167. The minimum atomic E-state index is -0.523. The van der Waals surface area contributed by atoms with Crippen LogP contribution in [0.25, 0.3) is 11.4 Å². The molecule has 2 aromatic rings. The van der Waals surface area contributed by atoms with Crippen molar-refractivity contribution in [3.8, 4) is 23.2 Å². The van der Waals surface area contributed by atoms with E-state index in [0.717, 1.165) is 5.56 Å². The van der Waals surface area contributed by atoms with Gasteiger partial charge in [-0.1, -0.05) is 0 Å². The summed E-state index contributed by atoms with van der Waals surface area (Å²) in [5, 5.41) is 12.0. The molecular weight excluding hydrogens is 376 g/mol. The van der Waals surface area contributed by atoms with Gasteiger partial charge in [0.15, 0.2) is 5.82 Å². The average Bonchev–Trinajstić information content (AvgIpc) is 3.21. The van der Waals surface area contributed by atoms with Crippen LogP contribution in [0.4, 0.5) is 16.3 Å². The topological polar surface area (TPSA) is 136 Å². The highest BCUT2D eigenvalue weighted by Crippen LogP contribution is 2.36. The lowest BCUT2D eigenvalue weighted by molar-refractivity contribution is -0.118. The van der Waals surface area contributed by atoms with Crippen molar-refractivity contribution in [2.45, 2.75) is 32.0 Å². The van der Waals surface area contributed by atoms with Crippen molar-refractivity contribution in [1.82, 2.24) is 9.55 Å². The molecule has 0 aliphatic carbocycles. The average molecular weight is 396 g/mol. The molecule has 3 heterocycles. The first-order chi connectivity index (χ1) is 14.0. The number of aromatic nitrogens is 2. The summed E-state index contributed by atoms with van der Waals surface area (Å²) in [6.45, 7) is 2.81. The maximum absolute atomic E-state index is 12.2. The second kappa shape index (κ2) is 7.35. The van der Waals surface area contributed by atoms with Gasteiger partial charge < -0.3 is 25.1 Å².